The van der Waals surface area contributed by atoms with Gasteiger partial charge < -0.3 is 9.47 Å². The first kappa shape index (κ1) is 30.6. The monoisotopic (exact) mass is 694 g/mol. The molecule has 11 rings (SSSR count). The van der Waals surface area contributed by atoms with Crippen molar-refractivity contribution in [2.75, 3.05) is 9.80 Å². The summed E-state index contributed by atoms with van der Waals surface area (Å²) >= 11 is 0. The van der Waals surface area contributed by atoms with Crippen LogP contribution in [0.4, 0.5) is 34.4 Å². The average molecular weight is 695 g/mol. The minimum Gasteiger partial charge on any atom is -0.310 e. The third-order valence-corrected chi connectivity index (χ3v) is 11.1. The van der Waals surface area contributed by atoms with Crippen LogP contribution in [0.15, 0.2) is 170 Å². The molecular weight excluding hydrogens is 661 g/mol. The second-order valence-corrected chi connectivity index (χ2v) is 14.5. The van der Waals surface area contributed by atoms with E-state index in [0.717, 1.165) is 39.4 Å². The van der Waals surface area contributed by atoms with Gasteiger partial charge in [-0.1, -0.05) is 135 Å². The van der Waals surface area contributed by atoms with Gasteiger partial charge in [0.2, 0.25) is 5.95 Å². The number of hydrogen-bond donors (Lipinski definition) is 0. The smallest absolute Gasteiger partial charge is 0.238 e. The van der Waals surface area contributed by atoms with E-state index in [9.17, 15) is 0 Å². The van der Waals surface area contributed by atoms with Crippen LogP contribution in [-0.4, -0.2) is 19.5 Å². The van der Waals surface area contributed by atoms with E-state index < -0.39 is 0 Å². The van der Waals surface area contributed by atoms with E-state index in [-0.39, 0.29) is 5.41 Å². The highest BCUT2D eigenvalue weighted by Gasteiger charge is 2.37. The number of fused-ring (bicyclic) bond motifs is 7. The van der Waals surface area contributed by atoms with E-state index in [4.69, 9.17) is 15.0 Å². The minimum absolute atomic E-state index is 0.145. The molecule has 2 aliphatic rings. The fourth-order valence-electron chi connectivity index (χ4n) is 8.66. The second kappa shape index (κ2) is 11.5. The maximum absolute atomic E-state index is 5.34. The summed E-state index contributed by atoms with van der Waals surface area (Å²) in [5.41, 5.74) is 13.1. The van der Waals surface area contributed by atoms with Gasteiger partial charge >= 0.3 is 0 Å². The molecule has 0 saturated carbocycles. The van der Waals surface area contributed by atoms with Crippen molar-refractivity contribution in [3.05, 3.63) is 181 Å². The largest absolute Gasteiger partial charge is 0.310 e. The maximum atomic E-state index is 5.34. The summed E-state index contributed by atoms with van der Waals surface area (Å²) in [6.07, 6.45) is 0. The van der Waals surface area contributed by atoms with Crippen LogP contribution in [0.3, 0.4) is 0 Å². The number of anilines is 6. The lowest BCUT2D eigenvalue weighted by atomic mass is 9.73. The highest BCUT2D eigenvalue weighted by atomic mass is 15.3. The first-order valence-corrected chi connectivity index (χ1v) is 18.4. The molecule has 0 unspecified atom stereocenters. The molecule has 54 heavy (non-hydrogen) atoms. The normalized spacial score (nSPS) is 13.8. The highest BCUT2D eigenvalue weighted by Crippen LogP contribution is 2.52. The summed E-state index contributed by atoms with van der Waals surface area (Å²) < 4.78 is 2.38. The van der Waals surface area contributed by atoms with Crippen LogP contribution < -0.4 is 9.80 Å². The molecule has 0 N–H and O–H groups in total. The highest BCUT2D eigenvalue weighted by molar-refractivity contribution is 6.16. The summed E-state index contributed by atoms with van der Waals surface area (Å²) in [7, 11) is 0. The topological polar surface area (TPSA) is 50.1 Å². The van der Waals surface area contributed by atoms with Crippen molar-refractivity contribution >= 4 is 56.2 Å². The van der Waals surface area contributed by atoms with Gasteiger partial charge in [-0.05, 0) is 59.7 Å². The van der Waals surface area contributed by atoms with Crippen LogP contribution in [0, 0.1) is 0 Å². The fraction of sp³-hybridized carbons (Fsp3) is 0.0625. The molecule has 0 spiro atoms. The maximum Gasteiger partial charge on any atom is 0.238 e. The van der Waals surface area contributed by atoms with Gasteiger partial charge in [-0.2, -0.15) is 9.97 Å². The van der Waals surface area contributed by atoms with Gasteiger partial charge in [-0.15, -0.1) is 0 Å². The van der Waals surface area contributed by atoms with E-state index in [0.29, 0.717) is 17.6 Å². The Morgan fingerprint density at radius 2 is 0.981 bits per heavy atom. The number of aromatic nitrogens is 4. The Hall–Kier alpha value is -7.05. The molecule has 0 bridgehead atoms. The molecule has 0 radical (unpaired) electrons. The van der Waals surface area contributed by atoms with Gasteiger partial charge in [0.15, 0.2) is 11.6 Å². The van der Waals surface area contributed by atoms with E-state index in [1.807, 2.05) is 18.2 Å². The van der Waals surface area contributed by atoms with Gasteiger partial charge in [0.05, 0.1) is 39.5 Å². The van der Waals surface area contributed by atoms with Crippen LogP contribution in [0.1, 0.15) is 25.0 Å². The molecule has 0 aliphatic carbocycles. The summed E-state index contributed by atoms with van der Waals surface area (Å²) in [6.45, 7) is 4.63. The zero-order valence-electron chi connectivity index (χ0n) is 29.8. The Balaban J connectivity index is 1.14. The van der Waals surface area contributed by atoms with Gasteiger partial charge in [-0.3, -0.25) is 4.90 Å². The molecule has 6 nitrogen and oxygen atoms in total. The molecule has 2 aliphatic heterocycles. The number of rotatable bonds is 4. The summed E-state index contributed by atoms with van der Waals surface area (Å²) in [4.78, 5) is 20.3. The van der Waals surface area contributed by atoms with E-state index in [1.165, 1.54) is 38.8 Å². The first-order valence-electron chi connectivity index (χ1n) is 18.4. The lowest BCUT2D eigenvalue weighted by Gasteiger charge is -2.42. The third-order valence-electron chi connectivity index (χ3n) is 11.1. The van der Waals surface area contributed by atoms with Crippen molar-refractivity contribution in [3.63, 3.8) is 0 Å². The van der Waals surface area contributed by atoms with Crippen molar-refractivity contribution in [2.45, 2.75) is 19.3 Å². The number of benzene rings is 7. The molecule has 6 heteroatoms. The van der Waals surface area contributed by atoms with Gasteiger partial charge in [0.25, 0.3) is 0 Å². The molecule has 7 aromatic carbocycles. The van der Waals surface area contributed by atoms with Crippen LogP contribution in [0.25, 0.3) is 50.3 Å². The Bertz CT molecular complexity index is 2890. The Kier molecular flexibility index (Phi) is 6.49. The van der Waals surface area contributed by atoms with Crippen molar-refractivity contribution in [1.29, 1.82) is 0 Å². The number of para-hydroxylation sites is 6. The van der Waals surface area contributed by atoms with Crippen LogP contribution in [0.5, 0.6) is 0 Å². The predicted molar refractivity (Wildman–Crippen MR) is 220 cm³/mol. The molecular formula is C48H34N6. The fourth-order valence-corrected chi connectivity index (χ4v) is 8.66. The number of hydrogen-bond acceptors (Lipinski definition) is 5. The molecule has 0 amide bonds. The van der Waals surface area contributed by atoms with Crippen LogP contribution in [-0.2, 0) is 5.41 Å². The zero-order chi connectivity index (χ0) is 36.0. The van der Waals surface area contributed by atoms with E-state index in [2.05, 4.69) is 180 Å². The van der Waals surface area contributed by atoms with Crippen molar-refractivity contribution in [3.8, 4) is 28.5 Å². The van der Waals surface area contributed by atoms with Gasteiger partial charge in [0.1, 0.15) is 0 Å². The van der Waals surface area contributed by atoms with Gasteiger partial charge in [-0.25, -0.2) is 4.98 Å². The average Bonchev–Trinajstić information content (AvgIpc) is 3.57. The lowest BCUT2D eigenvalue weighted by molar-refractivity contribution is 0.632. The Morgan fingerprint density at radius 1 is 0.426 bits per heavy atom. The summed E-state index contributed by atoms with van der Waals surface area (Å²) in [5.74, 6) is 1.79. The first-order chi connectivity index (χ1) is 26.6. The molecule has 4 heterocycles. The summed E-state index contributed by atoms with van der Waals surface area (Å²) in [5, 5.41) is 2.41. The SMILES string of the molecule is CC1(C)c2ccccc2N(c2cccc(-c3nc(-c4ccccc4)nc(N4c5ccccc5-n5c6ccccc6c6cccc4c65)n3)c2)c2ccccc21. The predicted octanol–water partition coefficient (Wildman–Crippen LogP) is 12.2. The molecule has 256 valence electrons. The van der Waals surface area contributed by atoms with Gasteiger partial charge in [0, 0.05) is 33.0 Å². The Labute approximate surface area is 313 Å². The third kappa shape index (κ3) is 4.37. The molecule has 9 aromatic rings. The lowest BCUT2D eigenvalue weighted by Crippen LogP contribution is -2.30. The van der Waals surface area contributed by atoms with E-state index >= 15 is 0 Å². The van der Waals surface area contributed by atoms with Crippen molar-refractivity contribution in [1.82, 2.24) is 19.5 Å². The quantitative estimate of drug-likeness (QED) is 0.184. The van der Waals surface area contributed by atoms with Crippen LogP contribution >= 0.6 is 0 Å². The number of nitrogens with zero attached hydrogens (tertiary/aromatic N) is 6. The zero-order valence-corrected chi connectivity index (χ0v) is 29.8. The molecule has 0 saturated heterocycles. The standard InChI is InChI=1S/C48H34N6/c1-48(2)36-22-7-10-25-39(36)52(40-26-11-8-23-37(40)48)33-19-14-18-32(30-33)46-49-45(31-16-4-3-5-17-31)50-47(51-46)54-42-28-13-12-27-41(42)53-38-24-9-6-20-34(38)35-21-15-29-43(54)44(35)53/h3-30H,1-2H3. The second-order valence-electron chi connectivity index (χ2n) is 14.5. The Morgan fingerprint density at radius 3 is 1.74 bits per heavy atom. The van der Waals surface area contributed by atoms with Crippen LogP contribution in [0.2, 0.25) is 0 Å². The molecule has 0 atom stereocenters. The van der Waals surface area contributed by atoms with E-state index in [1.54, 1.807) is 0 Å². The summed E-state index contributed by atoms with van der Waals surface area (Å²) in [6, 6.07) is 60.0. The van der Waals surface area contributed by atoms with Crippen molar-refractivity contribution < 1.29 is 0 Å². The van der Waals surface area contributed by atoms with Crippen molar-refractivity contribution in [2.24, 2.45) is 0 Å². The molecule has 0 fully saturated rings. The minimum atomic E-state index is -0.145. The molecule has 2 aromatic heterocycles.